The third-order valence-corrected chi connectivity index (χ3v) is 5.46. The van der Waals surface area contributed by atoms with Gasteiger partial charge in [0.05, 0.1) is 0 Å². The molecule has 0 aliphatic heterocycles. The number of carbonyl (C=O) groups excluding carboxylic acids is 1. The molecule has 0 aromatic carbocycles. The molecule has 0 aromatic heterocycles. The van der Waals surface area contributed by atoms with Gasteiger partial charge in [0.15, 0.2) is 0 Å². The summed E-state index contributed by atoms with van der Waals surface area (Å²) < 4.78 is 5.71. The molecule has 3 aliphatic rings. The Balaban J connectivity index is 1.74. The van der Waals surface area contributed by atoms with Crippen LogP contribution in [0.15, 0.2) is 12.2 Å². The summed E-state index contributed by atoms with van der Waals surface area (Å²) in [5, 5.41) is 0. The van der Waals surface area contributed by atoms with Crippen LogP contribution in [0.4, 0.5) is 0 Å². The first kappa shape index (κ1) is 12.3. The molecule has 2 nitrogen and oxygen atoms in total. The molecule has 3 saturated carbocycles. The molecule has 2 heteroatoms. The van der Waals surface area contributed by atoms with E-state index in [1.807, 2.05) is 0 Å². The summed E-state index contributed by atoms with van der Waals surface area (Å²) in [6.07, 6.45) is 9.48. The maximum absolute atomic E-state index is 11.7. The molecule has 0 N–H and O–H groups in total. The van der Waals surface area contributed by atoms with E-state index in [9.17, 15) is 4.79 Å². The second kappa shape index (κ2) is 4.71. The third kappa shape index (κ3) is 2.00. The second-order valence-electron chi connectivity index (χ2n) is 6.58. The van der Waals surface area contributed by atoms with Crippen LogP contribution in [0.5, 0.6) is 0 Å². The minimum absolute atomic E-state index is 0.180. The van der Waals surface area contributed by atoms with Crippen LogP contribution in [0, 0.1) is 23.7 Å². The molecule has 0 aromatic rings. The lowest BCUT2D eigenvalue weighted by atomic mass is 9.65. The minimum Gasteiger partial charge on any atom is -0.459 e. The summed E-state index contributed by atoms with van der Waals surface area (Å²) >= 11 is 0. The Labute approximate surface area is 110 Å². The Hall–Kier alpha value is -0.790. The molecule has 0 spiro atoms. The number of hydrogen-bond donors (Lipinski definition) is 0. The summed E-state index contributed by atoms with van der Waals surface area (Å²) in [5.41, 5.74) is 0.539. The van der Waals surface area contributed by atoms with E-state index in [-0.39, 0.29) is 12.1 Å². The fourth-order valence-corrected chi connectivity index (χ4v) is 4.81. The van der Waals surface area contributed by atoms with Crippen LogP contribution in [-0.4, -0.2) is 12.1 Å². The van der Waals surface area contributed by atoms with Crippen molar-refractivity contribution in [1.29, 1.82) is 0 Å². The molecule has 3 aliphatic carbocycles. The SMILES string of the molecule is C=C(C)C(=O)OC1CC2CCCC3CCCC1C32. The Morgan fingerprint density at radius 2 is 1.78 bits per heavy atom. The number of hydrogen-bond acceptors (Lipinski definition) is 2. The van der Waals surface area contributed by atoms with Crippen molar-refractivity contribution in [2.45, 2.75) is 58.0 Å². The highest BCUT2D eigenvalue weighted by Gasteiger charge is 2.50. The van der Waals surface area contributed by atoms with Crippen molar-refractivity contribution in [3.05, 3.63) is 12.2 Å². The molecule has 0 bridgehead atoms. The molecule has 18 heavy (non-hydrogen) atoms. The maximum Gasteiger partial charge on any atom is 0.333 e. The molecule has 3 rings (SSSR count). The van der Waals surface area contributed by atoms with Gasteiger partial charge in [-0.3, -0.25) is 0 Å². The topological polar surface area (TPSA) is 26.3 Å². The van der Waals surface area contributed by atoms with Crippen molar-refractivity contribution >= 4 is 5.97 Å². The fourth-order valence-electron chi connectivity index (χ4n) is 4.81. The van der Waals surface area contributed by atoms with Gasteiger partial charge in [-0.1, -0.05) is 38.7 Å². The Kier molecular flexibility index (Phi) is 3.21. The van der Waals surface area contributed by atoms with Gasteiger partial charge in [0.2, 0.25) is 0 Å². The molecule has 5 atom stereocenters. The van der Waals surface area contributed by atoms with Crippen LogP contribution in [-0.2, 0) is 9.53 Å². The summed E-state index contributed by atoms with van der Waals surface area (Å²) in [5.74, 6) is 3.08. The zero-order chi connectivity index (χ0) is 12.7. The van der Waals surface area contributed by atoms with Crippen molar-refractivity contribution in [2.24, 2.45) is 23.7 Å². The number of rotatable bonds is 2. The van der Waals surface area contributed by atoms with Gasteiger partial charge >= 0.3 is 5.97 Å². The lowest BCUT2D eigenvalue weighted by molar-refractivity contribution is -0.147. The summed E-state index contributed by atoms with van der Waals surface area (Å²) in [6.45, 7) is 5.44. The Morgan fingerprint density at radius 3 is 2.50 bits per heavy atom. The average Bonchev–Trinajstić information content (AvgIpc) is 2.70. The number of ether oxygens (including phenoxy) is 1. The largest absolute Gasteiger partial charge is 0.459 e. The van der Waals surface area contributed by atoms with E-state index < -0.39 is 0 Å². The summed E-state index contributed by atoms with van der Waals surface area (Å²) in [6, 6.07) is 0. The van der Waals surface area contributed by atoms with E-state index in [2.05, 4.69) is 6.58 Å². The van der Waals surface area contributed by atoms with Crippen LogP contribution in [0.2, 0.25) is 0 Å². The predicted octanol–water partition coefficient (Wildman–Crippen LogP) is 3.71. The van der Waals surface area contributed by atoms with Crippen molar-refractivity contribution in [2.75, 3.05) is 0 Å². The average molecular weight is 248 g/mol. The van der Waals surface area contributed by atoms with E-state index in [4.69, 9.17) is 4.74 Å². The lowest BCUT2D eigenvalue weighted by Crippen LogP contribution is -2.35. The van der Waals surface area contributed by atoms with Gasteiger partial charge in [0.1, 0.15) is 6.10 Å². The number of carbonyl (C=O) groups is 1. The third-order valence-electron chi connectivity index (χ3n) is 5.46. The lowest BCUT2D eigenvalue weighted by Gasteiger charge is -2.41. The Bertz CT molecular complexity index is 358. The van der Waals surface area contributed by atoms with E-state index in [0.29, 0.717) is 11.5 Å². The van der Waals surface area contributed by atoms with Gasteiger partial charge < -0.3 is 4.74 Å². The maximum atomic E-state index is 11.7. The van der Waals surface area contributed by atoms with Crippen molar-refractivity contribution in [3.8, 4) is 0 Å². The zero-order valence-corrected chi connectivity index (χ0v) is 11.4. The van der Waals surface area contributed by atoms with Crippen molar-refractivity contribution < 1.29 is 9.53 Å². The highest BCUT2D eigenvalue weighted by atomic mass is 16.5. The molecule has 5 unspecified atom stereocenters. The molecule has 0 amide bonds. The van der Waals surface area contributed by atoms with Crippen LogP contribution in [0.3, 0.4) is 0 Å². The van der Waals surface area contributed by atoms with Gasteiger partial charge in [-0.25, -0.2) is 4.79 Å². The monoisotopic (exact) mass is 248 g/mol. The van der Waals surface area contributed by atoms with Crippen molar-refractivity contribution in [1.82, 2.24) is 0 Å². The highest BCUT2D eigenvalue weighted by molar-refractivity contribution is 5.87. The van der Waals surface area contributed by atoms with E-state index in [1.165, 1.54) is 38.5 Å². The molecule has 3 fully saturated rings. The summed E-state index contributed by atoms with van der Waals surface area (Å²) in [4.78, 5) is 11.7. The summed E-state index contributed by atoms with van der Waals surface area (Å²) in [7, 11) is 0. The standard InChI is InChI=1S/C16H24O2/c1-10(2)16(17)18-14-9-12-7-3-5-11-6-4-8-13(14)15(11)12/h11-15H,1,3-9H2,2H3. The highest BCUT2D eigenvalue weighted by Crippen LogP contribution is 2.55. The van der Waals surface area contributed by atoms with Gasteiger partial charge in [-0.2, -0.15) is 0 Å². The van der Waals surface area contributed by atoms with E-state index in [1.54, 1.807) is 6.92 Å². The Morgan fingerprint density at radius 1 is 1.11 bits per heavy atom. The second-order valence-corrected chi connectivity index (χ2v) is 6.58. The molecular formula is C16H24O2. The van der Waals surface area contributed by atoms with Crippen molar-refractivity contribution in [3.63, 3.8) is 0 Å². The van der Waals surface area contributed by atoms with Crippen LogP contribution in [0.25, 0.3) is 0 Å². The van der Waals surface area contributed by atoms with Gasteiger partial charge in [0, 0.05) is 5.57 Å². The predicted molar refractivity (Wildman–Crippen MR) is 71.0 cm³/mol. The van der Waals surface area contributed by atoms with Crippen LogP contribution < -0.4 is 0 Å². The smallest absolute Gasteiger partial charge is 0.333 e. The first-order valence-electron chi connectivity index (χ1n) is 7.53. The quantitative estimate of drug-likeness (QED) is 0.550. The first-order chi connectivity index (χ1) is 8.66. The molecule has 0 saturated heterocycles. The molecular weight excluding hydrogens is 224 g/mol. The molecule has 100 valence electrons. The molecule has 0 radical (unpaired) electrons. The minimum atomic E-state index is -0.180. The van der Waals surface area contributed by atoms with E-state index >= 15 is 0 Å². The van der Waals surface area contributed by atoms with Gasteiger partial charge in [-0.15, -0.1) is 0 Å². The normalized spacial score (nSPS) is 42.2. The van der Waals surface area contributed by atoms with Crippen LogP contribution in [0.1, 0.15) is 51.9 Å². The van der Waals surface area contributed by atoms with Gasteiger partial charge in [0.25, 0.3) is 0 Å². The van der Waals surface area contributed by atoms with E-state index in [0.717, 1.165) is 24.2 Å². The zero-order valence-electron chi connectivity index (χ0n) is 11.4. The van der Waals surface area contributed by atoms with Crippen LogP contribution >= 0.6 is 0 Å². The fraction of sp³-hybridized carbons (Fsp3) is 0.812. The first-order valence-corrected chi connectivity index (χ1v) is 7.53. The van der Waals surface area contributed by atoms with Gasteiger partial charge in [-0.05, 0) is 43.4 Å². The molecule has 0 heterocycles. The number of esters is 1.